The molecule has 0 unspecified atom stereocenters. The fourth-order valence-electron chi connectivity index (χ4n) is 2.48. The van der Waals surface area contributed by atoms with Gasteiger partial charge < -0.3 is 10.0 Å². The lowest BCUT2D eigenvalue weighted by Crippen LogP contribution is -2.27. The van der Waals surface area contributed by atoms with E-state index in [2.05, 4.69) is 17.9 Å². The Hall–Kier alpha value is -2.05. The maximum atomic E-state index is 9.28. The first-order valence-electron chi connectivity index (χ1n) is 7.09. The summed E-state index contributed by atoms with van der Waals surface area (Å²) in [5.74, 6) is 0. The Kier molecular flexibility index (Phi) is 4.97. The third-order valence-corrected chi connectivity index (χ3v) is 3.51. The summed E-state index contributed by atoms with van der Waals surface area (Å²) in [6.45, 7) is 3.84. The topological polar surface area (TPSA) is 47.3 Å². The smallest absolute Gasteiger partial charge is 0.0998 e. The van der Waals surface area contributed by atoms with Crippen LogP contribution in [0.4, 0.5) is 5.69 Å². The Bertz CT molecular complexity index is 616. The van der Waals surface area contributed by atoms with Gasteiger partial charge in [0.15, 0.2) is 0 Å². The maximum absolute atomic E-state index is 9.28. The molecule has 0 saturated heterocycles. The minimum absolute atomic E-state index is 0.137. The molecule has 20 heavy (non-hydrogen) atoms. The summed E-state index contributed by atoms with van der Waals surface area (Å²) in [5, 5.41) is 20.5. The van der Waals surface area contributed by atoms with Crippen molar-refractivity contribution in [2.45, 2.75) is 19.8 Å². The van der Waals surface area contributed by atoms with Crippen LogP contribution >= 0.6 is 0 Å². The van der Waals surface area contributed by atoms with Crippen molar-refractivity contribution in [2.24, 2.45) is 0 Å². The van der Waals surface area contributed by atoms with Gasteiger partial charge in [0, 0.05) is 29.5 Å². The van der Waals surface area contributed by atoms with Crippen LogP contribution in [0.5, 0.6) is 0 Å². The van der Waals surface area contributed by atoms with E-state index in [-0.39, 0.29) is 6.61 Å². The third kappa shape index (κ3) is 2.92. The van der Waals surface area contributed by atoms with Crippen molar-refractivity contribution in [1.29, 1.82) is 5.26 Å². The molecule has 0 spiro atoms. The number of hydrogen-bond acceptors (Lipinski definition) is 3. The first-order valence-corrected chi connectivity index (χ1v) is 7.09. The lowest BCUT2D eigenvalue weighted by atomic mass is 10.0. The summed E-state index contributed by atoms with van der Waals surface area (Å²) in [6, 6.07) is 14.1. The minimum atomic E-state index is 0.137. The number of hydrogen-bond donors (Lipinski definition) is 1. The van der Waals surface area contributed by atoms with Crippen molar-refractivity contribution in [3.05, 3.63) is 42.0 Å². The van der Waals surface area contributed by atoms with Gasteiger partial charge in [-0.25, -0.2) is 0 Å². The highest BCUT2D eigenvalue weighted by Gasteiger charge is 2.11. The molecular weight excluding hydrogens is 248 g/mol. The molecule has 0 radical (unpaired) electrons. The summed E-state index contributed by atoms with van der Waals surface area (Å²) in [7, 11) is 0. The molecule has 2 rings (SSSR count). The summed E-state index contributed by atoms with van der Waals surface area (Å²) in [5.41, 5.74) is 1.80. The highest BCUT2D eigenvalue weighted by Crippen LogP contribution is 2.29. The van der Waals surface area contributed by atoms with Gasteiger partial charge in [-0.05, 0) is 18.6 Å². The van der Waals surface area contributed by atoms with Crippen molar-refractivity contribution in [3.8, 4) is 6.07 Å². The number of anilines is 1. The van der Waals surface area contributed by atoms with Crippen molar-refractivity contribution < 1.29 is 5.11 Å². The summed E-state index contributed by atoms with van der Waals surface area (Å²) >= 11 is 0. The monoisotopic (exact) mass is 268 g/mol. The SMILES string of the molecule is CCCCN(CCO)c1ccc(C#N)c2ccccc12. The van der Waals surface area contributed by atoms with Crippen molar-refractivity contribution in [1.82, 2.24) is 0 Å². The number of nitrogens with zero attached hydrogens (tertiary/aromatic N) is 2. The molecule has 2 aromatic rings. The predicted molar refractivity (Wildman–Crippen MR) is 82.9 cm³/mol. The number of unbranched alkanes of at least 4 members (excludes halogenated alkanes) is 1. The van der Waals surface area contributed by atoms with E-state index < -0.39 is 0 Å². The quantitative estimate of drug-likeness (QED) is 0.874. The van der Waals surface area contributed by atoms with E-state index in [1.165, 1.54) is 0 Å². The normalized spacial score (nSPS) is 10.4. The van der Waals surface area contributed by atoms with Crippen LogP contribution in [0.1, 0.15) is 25.3 Å². The van der Waals surface area contributed by atoms with Crippen LogP contribution < -0.4 is 4.90 Å². The van der Waals surface area contributed by atoms with E-state index in [9.17, 15) is 10.4 Å². The average molecular weight is 268 g/mol. The van der Waals surface area contributed by atoms with E-state index in [0.29, 0.717) is 12.1 Å². The second-order valence-corrected chi connectivity index (χ2v) is 4.85. The van der Waals surface area contributed by atoms with Gasteiger partial charge in [-0.3, -0.25) is 0 Å². The number of aliphatic hydroxyl groups excluding tert-OH is 1. The van der Waals surface area contributed by atoms with E-state index in [1.807, 2.05) is 36.4 Å². The van der Waals surface area contributed by atoms with Gasteiger partial charge in [-0.15, -0.1) is 0 Å². The molecule has 0 saturated carbocycles. The highest BCUT2D eigenvalue weighted by molar-refractivity contribution is 5.97. The molecule has 3 nitrogen and oxygen atoms in total. The Labute approximate surface area is 120 Å². The van der Waals surface area contributed by atoms with Crippen LogP contribution in [0.3, 0.4) is 0 Å². The molecule has 1 N–H and O–H groups in total. The molecule has 0 heterocycles. The molecule has 0 amide bonds. The molecule has 2 aromatic carbocycles. The van der Waals surface area contributed by atoms with E-state index >= 15 is 0 Å². The van der Waals surface area contributed by atoms with E-state index in [4.69, 9.17) is 0 Å². The maximum Gasteiger partial charge on any atom is 0.0998 e. The fourth-order valence-corrected chi connectivity index (χ4v) is 2.48. The van der Waals surface area contributed by atoms with Gasteiger partial charge in [0.05, 0.1) is 18.2 Å². The zero-order chi connectivity index (χ0) is 14.4. The third-order valence-electron chi connectivity index (χ3n) is 3.51. The highest BCUT2D eigenvalue weighted by atomic mass is 16.3. The molecule has 0 aliphatic rings. The molecule has 104 valence electrons. The van der Waals surface area contributed by atoms with Crippen LogP contribution in [-0.4, -0.2) is 24.8 Å². The Balaban J connectivity index is 2.50. The molecular formula is C17H20N2O. The second kappa shape index (κ2) is 6.93. The summed E-state index contributed by atoms with van der Waals surface area (Å²) in [4.78, 5) is 2.20. The summed E-state index contributed by atoms with van der Waals surface area (Å²) < 4.78 is 0. The molecule has 0 bridgehead atoms. The fraction of sp³-hybridized carbons (Fsp3) is 0.353. The van der Waals surface area contributed by atoms with Crippen LogP contribution in [0, 0.1) is 11.3 Å². The molecule has 0 aliphatic carbocycles. The van der Waals surface area contributed by atoms with Crippen molar-refractivity contribution >= 4 is 16.5 Å². The number of nitriles is 1. The largest absolute Gasteiger partial charge is 0.395 e. The first-order chi connectivity index (χ1) is 9.81. The lowest BCUT2D eigenvalue weighted by Gasteiger charge is -2.25. The van der Waals surface area contributed by atoms with Gasteiger partial charge in [0.1, 0.15) is 0 Å². The van der Waals surface area contributed by atoms with Crippen LogP contribution in [-0.2, 0) is 0 Å². The number of fused-ring (bicyclic) bond motifs is 1. The molecule has 0 aliphatic heterocycles. The first kappa shape index (κ1) is 14.4. The molecule has 0 aromatic heterocycles. The molecule has 0 fully saturated rings. The molecule has 0 atom stereocenters. The number of aliphatic hydroxyl groups is 1. The van der Waals surface area contributed by atoms with Gasteiger partial charge in [-0.2, -0.15) is 5.26 Å². The second-order valence-electron chi connectivity index (χ2n) is 4.85. The van der Waals surface area contributed by atoms with Crippen LogP contribution in [0.2, 0.25) is 0 Å². The Morgan fingerprint density at radius 1 is 1.10 bits per heavy atom. The average Bonchev–Trinajstić information content (AvgIpc) is 2.50. The zero-order valence-corrected chi connectivity index (χ0v) is 11.8. The number of rotatable bonds is 6. The van der Waals surface area contributed by atoms with E-state index in [1.54, 1.807) is 0 Å². The zero-order valence-electron chi connectivity index (χ0n) is 11.8. The van der Waals surface area contributed by atoms with Gasteiger partial charge in [0.2, 0.25) is 0 Å². The van der Waals surface area contributed by atoms with Crippen molar-refractivity contribution in [2.75, 3.05) is 24.6 Å². The lowest BCUT2D eigenvalue weighted by molar-refractivity contribution is 0.301. The van der Waals surface area contributed by atoms with Crippen LogP contribution in [0.25, 0.3) is 10.8 Å². The standard InChI is InChI=1S/C17H20N2O/c1-2-3-10-19(11-12-20)17-9-8-14(13-18)15-6-4-5-7-16(15)17/h4-9,20H,2-3,10-12H2,1H3. The number of benzene rings is 2. The van der Waals surface area contributed by atoms with Crippen LogP contribution in [0.15, 0.2) is 36.4 Å². The Morgan fingerprint density at radius 2 is 1.85 bits per heavy atom. The minimum Gasteiger partial charge on any atom is -0.395 e. The predicted octanol–water partition coefficient (Wildman–Crippen LogP) is 3.31. The summed E-state index contributed by atoms with van der Waals surface area (Å²) in [6.07, 6.45) is 2.21. The molecule has 3 heteroatoms. The van der Waals surface area contributed by atoms with Gasteiger partial charge >= 0.3 is 0 Å². The van der Waals surface area contributed by atoms with Gasteiger partial charge in [-0.1, -0.05) is 37.6 Å². The van der Waals surface area contributed by atoms with Crippen molar-refractivity contribution in [3.63, 3.8) is 0 Å². The van der Waals surface area contributed by atoms with E-state index in [0.717, 1.165) is 35.8 Å². The Morgan fingerprint density at radius 3 is 2.50 bits per heavy atom. The van der Waals surface area contributed by atoms with Gasteiger partial charge in [0.25, 0.3) is 0 Å².